The van der Waals surface area contributed by atoms with Gasteiger partial charge in [0, 0.05) is 13.0 Å². The molecule has 0 atom stereocenters. The molecule has 0 aliphatic carbocycles. The molecule has 2 N–H and O–H groups in total. The van der Waals surface area contributed by atoms with Crippen molar-refractivity contribution in [3.63, 3.8) is 0 Å². The van der Waals surface area contributed by atoms with E-state index in [1.54, 1.807) is 6.08 Å². The van der Waals surface area contributed by atoms with E-state index in [0.717, 1.165) is 12.0 Å². The maximum absolute atomic E-state index is 10.6. The van der Waals surface area contributed by atoms with Gasteiger partial charge in [-0.25, -0.2) is 0 Å². The second kappa shape index (κ2) is 3.37. The van der Waals surface area contributed by atoms with Gasteiger partial charge in [0.1, 0.15) is 0 Å². The average Bonchev–Trinajstić information content (AvgIpc) is 1.95. The van der Waals surface area contributed by atoms with Crippen LogP contribution >= 0.6 is 0 Å². The molecule has 0 radical (unpaired) electrons. The third kappa shape index (κ3) is 1.84. The Morgan fingerprint density at radius 1 is 1.60 bits per heavy atom. The lowest BCUT2D eigenvalue weighted by molar-refractivity contribution is -0.121. The average molecular weight is 141 g/mol. The van der Waals surface area contributed by atoms with Crippen molar-refractivity contribution >= 4 is 5.91 Å². The Balaban J connectivity index is 2.39. The smallest absolute Gasteiger partial charge is 0.220 e. The fraction of sp³-hybridized carbons (Fsp3) is 0.571. The molecule has 1 rings (SSSR count). The van der Waals surface area contributed by atoms with Crippen LogP contribution in [-0.4, -0.2) is 24.2 Å². The Morgan fingerprint density at radius 2 is 2.40 bits per heavy atom. The monoisotopic (exact) mass is 141 g/mol. The van der Waals surface area contributed by atoms with E-state index in [1.165, 1.54) is 0 Å². The van der Waals surface area contributed by atoms with Crippen LogP contribution in [0.5, 0.6) is 0 Å². The lowest BCUT2D eigenvalue weighted by Crippen LogP contribution is -2.30. The van der Waals surface area contributed by atoms with E-state index in [-0.39, 0.29) is 12.5 Å². The maximum atomic E-state index is 10.6. The zero-order chi connectivity index (χ0) is 7.40. The van der Waals surface area contributed by atoms with Gasteiger partial charge < -0.3 is 10.4 Å². The quantitative estimate of drug-likeness (QED) is 0.497. The third-order valence-electron chi connectivity index (χ3n) is 1.57. The number of aliphatic hydroxyl groups excluding tert-OH is 1. The Bertz CT molecular complexity index is 151. The van der Waals surface area contributed by atoms with E-state index in [0.29, 0.717) is 13.0 Å². The highest BCUT2D eigenvalue weighted by Crippen LogP contribution is 2.07. The summed E-state index contributed by atoms with van der Waals surface area (Å²) < 4.78 is 0. The summed E-state index contributed by atoms with van der Waals surface area (Å²) in [5.41, 5.74) is 1.13. The van der Waals surface area contributed by atoms with Gasteiger partial charge in [-0.3, -0.25) is 4.79 Å². The fourth-order valence-electron chi connectivity index (χ4n) is 0.966. The zero-order valence-electron chi connectivity index (χ0n) is 5.76. The van der Waals surface area contributed by atoms with Gasteiger partial charge in [0.2, 0.25) is 5.91 Å². The number of carbonyl (C=O) groups excluding carboxylic acids is 1. The summed E-state index contributed by atoms with van der Waals surface area (Å²) in [6.07, 6.45) is 3.11. The molecule has 1 aliphatic heterocycles. The van der Waals surface area contributed by atoms with Crippen molar-refractivity contribution in [1.82, 2.24) is 5.32 Å². The van der Waals surface area contributed by atoms with E-state index in [1.807, 2.05) is 0 Å². The zero-order valence-corrected chi connectivity index (χ0v) is 5.76. The Labute approximate surface area is 59.7 Å². The van der Waals surface area contributed by atoms with E-state index in [4.69, 9.17) is 5.11 Å². The first-order valence-corrected chi connectivity index (χ1v) is 3.38. The third-order valence-corrected chi connectivity index (χ3v) is 1.57. The van der Waals surface area contributed by atoms with Crippen LogP contribution in [0.15, 0.2) is 11.6 Å². The molecule has 0 saturated carbocycles. The molecule has 3 nitrogen and oxygen atoms in total. The normalized spacial score (nSPS) is 22.9. The number of hydrogen-bond donors (Lipinski definition) is 2. The topological polar surface area (TPSA) is 49.3 Å². The second-order valence-corrected chi connectivity index (χ2v) is 2.32. The number of hydrogen-bond acceptors (Lipinski definition) is 2. The van der Waals surface area contributed by atoms with Crippen molar-refractivity contribution in [2.24, 2.45) is 0 Å². The minimum atomic E-state index is 0.0746. The molecule has 0 spiro atoms. The minimum absolute atomic E-state index is 0.0746. The van der Waals surface area contributed by atoms with Gasteiger partial charge >= 0.3 is 0 Å². The molecule has 0 bridgehead atoms. The van der Waals surface area contributed by atoms with Crippen LogP contribution < -0.4 is 5.32 Å². The Hall–Kier alpha value is -0.830. The van der Waals surface area contributed by atoms with Crippen LogP contribution in [0.2, 0.25) is 0 Å². The minimum Gasteiger partial charge on any atom is -0.392 e. The first kappa shape index (κ1) is 7.28. The first-order valence-electron chi connectivity index (χ1n) is 3.38. The van der Waals surface area contributed by atoms with Crippen molar-refractivity contribution in [1.29, 1.82) is 0 Å². The van der Waals surface area contributed by atoms with E-state index in [9.17, 15) is 4.79 Å². The highest BCUT2D eigenvalue weighted by molar-refractivity contribution is 5.77. The van der Waals surface area contributed by atoms with E-state index >= 15 is 0 Å². The lowest BCUT2D eigenvalue weighted by atomic mass is 10.1. The van der Waals surface area contributed by atoms with Crippen LogP contribution in [0.4, 0.5) is 0 Å². The van der Waals surface area contributed by atoms with Gasteiger partial charge in [0.15, 0.2) is 0 Å². The van der Waals surface area contributed by atoms with E-state index in [2.05, 4.69) is 5.32 Å². The highest BCUT2D eigenvalue weighted by Gasteiger charge is 2.09. The summed E-state index contributed by atoms with van der Waals surface area (Å²) in [5.74, 6) is 0.107. The second-order valence-electron chi connectivity index (χ2n) is 2.32. The summed E-state index contributed by atoms with van der Waals surface area (Å²) in [5, 5.41) is 11.2. The number of aliphatic hydroxyl groups is 1. The Kier molecular flexibility index (Phi) is 2.45. The molecule has 0 aromatic heterocycles. The first-order chi connectivity index (χ1) is 4.83. The number of carbonyl (C=O) groups is 1. The van der Waals surface area contributed by atoms with Crippen LogP contribution in [0.3, 0.4) is 0 Å². The molecular weight excluding hydrogens is 130 g/mol. The molecule has 3 heteroatoms. The standard InChI is InChI=1S/C7H11NO2/c9-4-3-6-1-2-7(10)8-5-6/h3,9H,1-2,4-5H2,(H,8,10)/b6-3+. The molecule has 0 aromatic rings. The molecule has 1 heterocycles. The fourth-order valence-corrected chi connectivity index (χ4v) is 0.966. The summed E-state index contributed by atoms with van der Waals surface area (Å²) >= 11 is 0. The largest absolute Gasteiger partial charge is 0.392 e. The number of rotatable bonds is 1. The van der Waals surface area contributed by atoms with Crippen molar-refractivity contribution < 1.29 is 9.90 Å². The predicted molar refractivity (Wildman–Crippen MR) is 37.4 cm³/mol. The van der Waals surface area contributed by atoms with Crippen molar-refractivity contribution in [2.45, 2.75) is 12.8 Å². The van der Waals surface area contributed by atoms with Gasteiger partial charge in [-0.2, -0.15) is 0 Å². The summed E-state index contributed by atoms with van der Waals surface area (Å²) in [6, 6.07) is 0. The van der Waals surface area contributed by atoms with Gasteiger partial charge in [-0.1, -0.05) is 11.6 Å². The molecular formula is C7H11NO2. The van der Waals surface area contributed by atoms with Gasteiger partial charge in [0.25, 0.3) is 0 Å². The molecule has 10 heavy (non-hydrogen) atoms. The molecule has 0 aromatic carbocycles. The summed E-state index contributed by atoms with van der Waals surface area (Å²) in [7, 11) is 0. The number of nitrogens with one attached hydrogen (secondary N) is 1. The van der Waals surface area contributed by atoms with Gasteiger partial charge in [-0.05, 0) is 6.42 Å². The van der Waals surface area contributed by atoms with Crippen molar-refractivity contribution in [2.75, 3.05) is 13.2 Å². The summed E-state index contributed by atoms with van der Waals surface area (Å²) in [6.45, 7) is 0.685. The highest BCUT2D eigenvalue weighted by atomic mass is 16.2. The maximum Gasteiger partial charge on any atom is 0.220 e. The van der Waals surface area contributed by atoms with Crippen molar-refractivity contribution in [3.05, 3.63) is 11.6 Å². The molecule has 1 amide bonds. The molecule has 0 unspecified atom stereocenters. The van der Waals surface area contributed by atoms with Gasteiger partial charge in [0.05, 0.1) is 6.61 Å². The molecule has 1 aliphatic rings. The Morgan fingerprint density at radius 3 is 2.90 bits per heavy atom. The number of amides is 1. The molecule has 56 valence electrons. The lowest BCUT2D eigenvalue weighted by Gasteiger charge is -2.14. The molecule has 1 fully saturated rings. The van der Waals surface area contributed by atoms with Gasteiger partial charge in [-0.15, -0.1) is 0 Å². The predicted octanol–water partition coefficient (Wildman–Crippen LogP) is -0.185. The van der Waals surface area contributed by atoms with Crippen LogP contribution in [0.25, 0.3) is 0 Å². The summed E-state index contributed by atoms with van der Waals surface area (Å²) in [4.78, 5) is 10.6. The molecule has 1 saturated heterocycles. The van der Waals surface area contributed by atoms with Crippen LogP contribution in [0.1, 0.15) is 12.8 Å². The van der Waals surface area contributed by atoms with Crippen molar-refractivity contribution in [3.8, 4) is 0 Å². The number of piperidine rings is 1. The van der Waals surface area contributed by atoms with Crippen LogP contribution in [-0.2, 0) is 4.79 Å². The van der Waals surface area contributed by atoms with Crippen LogP contribution in [0, 0.1) is 0 Å². The van der Waals surface area contributed by atoms with E-state index < -0.39 is 0 Å². The SMILES string of the molecule is O=C1CC/C(=C\CO)CN1.